The average Bonchev–Trinajstić information content (AvgIpc) is 2.75. The summed E-state index contributed by atoms with van der Waals surface area (Å²) in [6.07, 6.45) is 2.40. The van der Waals surface area contributed by atoms with Crippen molar-refractivity contribution < 1.29 is 9.53 Å². The van der Waals surface area contributed by atoms with Crippen molar-refractivity contribution in [3.8, 4) is 5.75 Å². The standard InChI is InChI=1S/C15H20ClN3O2/c1-21-14-6-12(17)11(16)5-10(14)15(20)18-13-8-19-4-2-3-9(13)7-19/h5-6,9,13H,2-4,7-8,17H2,1H3,(H,18,20)/t9-,13+/m0/s1. The first kappa shape index (κ1) is 14.5. The van der Waals surface area contributed by atoms with Crippen molar-refractivity contribution in [1.82, 2.24) is 10.2 Å². The summed E-state index contributed by atoms with van der Waals surface area (Å²) in [5.41, 5.74) is 6.60. The van der Waals surface area contributed by atoms with Crippen LogP contribution in [0.4, 0.5) is 5.69 Å². The van der Waals surface area contributed by atoms with E-state index < -0.39 is 0 Å². The van der Waals surface area contributed by atoms with Gasteiger partial charge in [0.25, 0.3) is 5.91 Å². The number of anilines is 1. The highest BCUT2D eigenvalue weighted by atomic mass is 35.5. The second-order valence-electron chi connectivity index (χ2n) is 5.82. The molecule has 0 aliphatic carbocycles. The molecule has 1 aromatic rings. The Morgan fingerprint density at radius 1 is 1.48 bits per heavy atom. The summed E-state index contributed by atoms with van der Waals surface area (Å²) in [7, 11) is 1.52. The molecular formula is C15H20ClN3O2. The fourth-order valence-corrected chi connectivity index (χ4v) is 3.50. The number of carbonyl (C=O) groups excluding carboxylic acids is 1. The fraction of sp³-hybridized carbons (Fsp3) is 0.533. The molecule has 1 aromatic carbocycles. The minimum atomic E-state index is -0.146. The van der Waals surface area contributed by atoms with Gasteiger partial charge in [0.15, 0.2) is 0 Å². The molecule has 2 aliphatic heterocycles. The lowest BCUT2D eigenvalue weighted by Crippen LogP contribution is -2.40. The summed E-state index contributed by atoms with van der Waals surface area (Å²) in [6.45, 7) is 3.16. The number of halogens is 1. The van der Waals surface area contributed by atoms with Crippen molar-refractivity contribution in [2.75, 3.05) is 32.5 Å². The molecule has 2 fully saturated rings. The molecule has 3 atom stereocenters. The largest absolute Gasteiger partial charge is 0.496 e. The number of nitrogens with one attached hydrogen (secondary N) is 1. The Balaban J connectivity index is 1.78. The number of fused-ring (bicyclic) bond motifs is 2. The molecule has 2 heterocycles. The number of amides is 1. The number of rotatable bonds is 3. The van der Waals surface area contributed by atoms with Gasteiger partial charge in [-0.25, -0.2) is 0 Å². The van der Waals surface area contributed by atoms with Crippen molar-refractivity contribution in [3.63, 3.8) is 0 Å². The minimum absolute atomic E-state index is 0.146. The van der Waals surface area contributed by atoms with Gasteiger partial charge in [0.1, 0.15) is 5.75 Å². The van der Waals surface area contributed by atoms with Gasteiger partial charge in [-0.3, -0.25) is 4.79 Å². The van der Waals surface area contributed by atoms with Gasteiger partial charge in [-0.05, 0) is 31.4 Å². The first-order valence-electron chi connectivity index (χ1n) is 7.24. The van der Waals surface area contributed by atoms with E-state index in [9.17, 15) is 4.79 Å². The maximum atomic E-state index is 12.5. The van der Waals surface area contributed by atoms with Crippen LogP contribution in [0.15, 0.2) is 12.1 Å². The SMILES string of the molecule is COc1cc(N)c(Cl)cc1C(=O)N[C@@H]1CN2CCC[C@H]1C2. The Labute approximate surface area is 129 Å². The molecule has 2 bridgehead atoms. The zero-order chi connectivity index (χ0) is 15.0. The minimum Gasteiger partial charge on any atom is -0.496 e. The van der Waals surface area contributed by atoms with E-state index >= 15 is 0 Å². The lowest BCUT2D eigenvalue weighted by Gasteiger charge is -2.22. The van der Waals surface area contributed by atoms with E-state index in [4.69, 9.17) is 22.1 Å². The van der Waals surface area contributed by atoms with Gasteiger partial charge in [0, 0.05) is 25.2 Å². The van der Waals surface area contributed by atoms with Gasteiger partial charge in [-0.2, -0.15) is 0 Å². The predicted octanol–water partition coefficient (Wildman–Crippen LogP) is 1.75. The van der Waals surface area contributed by atoms with Crippen molar-refractivity contribution in [2.45, 2.75) is 18.9 Å². The van der Waals surface area contributed by atoms with Crippen LogP contribution in [0.25, 0.3) is 0 Å². The van der Waals surface area contributed by atoms with Gasteiger partial charge in [-0.15, -0.1) is 0 Å². The predicted molar refractivity (Wildman–Crippen MR) is 82.8 cm³/mol. The molecule has 0 spiro atoms. The smallest absolute Gasteiger partial charge is 0.255 e. The van der Waals surface area contributed by atoms with Crippen LogP contribution in [0.3, 0.4) is 0 Å². The van der Waals surface area contributed by atoms with Gasteiger partial charge >= 0.3 is 0 Å². The quantitative estimate of drug-likeness (QED) is 0.835. The van der Waals surface area contributed by atoms with E-state index in [1.165, 1.54) is 20.0 Å². The number of hydrogen-bond donors (Lipinski definition) is 2. The molecule has 3 N–H and O–H groups in total. The Morgan fingerprint density at radius 2 is 2.29 bits per heavy atom. The molecule has 21 heavy (non-hydrogen) atoms. The Bertz CT molecular complexity index is 564. The fourth-order valence-electron chi connectivity index (χ4n) is 3.34. The third kappa shape index (κ3) is 2.80. The van der Waals surface area contributed by atoms with E-state index in [2.05, 4.69) is 10.2 Å². The molecule has 0 aromatic heterocycles. The molecule has 1 unspecified atom stereocenters. The summed E-state index contributed by atoms with van der Waals surface area (Å²) in [5.74, 6) is 0.862. The molecule has 2 aliphatic rings. The highest BCUT2D eigenvalue weighted by Gasteiger charge is 2.36. The lowest BCUT2D eigenvalue weighted by molar-refractivity contribution is 0.0927. The number of piperidine rings is 1. The molecule has 114 valence electrons. The summed E-state index contributed by atoms with van der Waals surface area (Å²) < 4.78 is 5.24. The first-order valence-corrected chi connectivity index (χ1v) is 7.62. The highest BCUT2D eigenvalue weighted by molar-refractivity contribution is 6.33. The van der Waals surface area contributed by atoms with Crippen molar-refractivity contribution in [3.05, 3.63) is 22.7 Å². The van der Waals surface area contributed by atoms with Crippen LogP contribution in [0.1, 0.15) is 23.2 Å². The van der Waals surface area contributed by atoms with Crippen molar-refractivity contribution in [2.24, 2.45) is 5.92 Å². The van der Waals surface area contributed by atoms with E-state index in [0.29, 0.717) is 27.9 Å². The summed E-state index contributed by atoms with van der Waals surface area (Å²) in [5, 5.41) is 3.50. The summed E-state index contributed by atoms with van der Waals surface area (Å²) in [4.78, 5) is 14.9. The Morgan fingerprint density at radius 3 is 3.00 bits per heavy atom. The van der Waals surface area contributed by atoms with Crippen LogP contribution in [0.5, 0.6) is 5.75 Å². The number of methoxy groups -OCH3 is 1. The third-order valence-electron chi connectivity index (χ3n) is 4.45. The topological polar surface area (TPSA) is 67.6 Å². The van der Waals surface area contributed by atoms with Gasteiger partial charge < -0.3 is 20.7 Å². The molecule has 2 saturated heterocycles. The number of carbonyl (C=O) groups is 1. The maximum absolute atomic E-state index is 12.5. The monoisotopic (exact) mass is 309 g/mol. The van der Waals surface area contributed by atoms with Crippen molar-refractivity contribution >= 4 is 23.2 Å². The lowest BCUT2D eigenvalue weighted by atomic mass is 9.96. The zero-order valence-electron chi connectivity index (χ0n) is 12.1. The van der Waals surface area contributed by atoms with Gasteiger partial charge in [0.2, 0.25) is 0 Å². The van der Waals surface area contributed by atoms with E-state index in [-0.39, 0.29) is 11.9 Å². The molecule has 1 amide bonds. The number of ether oxygens (including phenoxy) is 1. The maximum Gasteiger partial charge on any atom is 0.255 e. The van der Waals surface area contributed by atoms with Crippen LogP contribution >= 0.6 is 11.6 Å². The number of nitrogens with two attached hydrogens (primary N) is 1. The van der Waals surface area contributed by atoms with Crippen LogP contribution in [0, 0.1) is 5.92 Å². The number of nitrogens with zero attached hydrogens (tertiary/aromatic N) is 1. The van der Waals surface area contributed by atoms with Crippen LogP contribution in [0.2, 0.25) is 5.02 Å². The molecular weight excluding hydrogens is 290 g/mol. The van der Waals surface area contributed by atoms with Crippen molar-refractivity contribution in [1.29, 1.82) is 0 Å². The second-order valence-corrected chi connectivity index (χ2v) is 6.22. The van der Waals surface area contributed by atoms with E-state index in [1.807, 2.05) is 0 Å². The molecule has 0 radical (unpaired) electrons. The third-order valence-corrected chi connectivity index (χ3v) is 4.77. The molecule has 0 saturated carbocycles. The normalized spacial score (nSPS) is 27.4. The summed E-state index contributed by atoms with van der Waals surface area (Å²) in [6, 6.07) is 3.38. The average molecular weight is 310 g/mol. The van der Waals surface area contributed by atoms with Gasteiger partial charge in [-0.1, -0.05) is 11.6 Å². The van der Waals surface area contributed by atoms with Crippen LogP contribution < -0.4 is 15.8 Å². The molecule has 6 heteroatoms. The first-order chi connectivity index (χ1) is 10.1. The van der Waals surface area contributed by atoms with E-state index in [1.54, 1.807) is 12.1 Å². The van der Waals surface area contributed by atoms with Crippen LogP contribution in [-0.4, -0.2) is 43.6 Å². The van der Waals surface area contributed by atoms with E-state index in [0.717, 1.165) is 19.6 Å². The Kier molecular flexibility index (Phi) is 3.95. The number of benzene rings is 1. The molecule has 5 nitrogen and oxygen atoms in total. The Hall–Kier alpha value is -1.46. The molecule has 3 rings (SSSR count). The number of nitrogen functional groups attached to an aromatic ring is 1. The number of hydrogen-bond acceptors (Lipinski definition) is 4. The zero-order valence-corrected chi connectivity index (χ0v) is 12.8. The van der Waals surface area contributed by atoms with Crippen LogP contribution in [-0.2, 0) is 0 Å². The second kappa shape index (κ2) is 5.73. The highest BCUT2D eigenvalue weighted by Crippen LogP contribution is 2.30. The summed E-state index contributed by atoms with van der Waals surface area (Å²) >= 11 is 6.02. The van der Waals surface area contributed by atoms with Gasteiger partial charge in [0.05, 0.1) is 23.4 Å².